The van der Waals surface area contributed by atoms with E-state index in [1.54, 1.807) is 0 Å². The van der Waals surface area contributed by atoms with E-state index in [0.29, 0.717) is 0 Å². The minimum absolute atomic E-state index is 0.0447. The third kappa shape index (κ3) is 4.20. The van der Waals surface area contributed by atoms with E-state index in [9.17, 15) is 18.5 Å². The summed E-state index contributed by atoms with van der Waals surface area (Å²) >= 11 is 0. The van der Waals surface area contributed by atoms with Crippen molar-refractivity contribution in [1.82, 2.24) is 4.98 Å². The molecule has 0 saturated heterocycles. The molecule has 10 heteroatoms. The van der Waals surface area contributed by atoms with Crippen molar-refractivity contribution in [2.45, 2.75) is 0 Å². The highest BCUT2D eigenvalue weighted by atomic mass is 32.2. The highest BCUT2D eigenvalue weighted by molar-refractivity contribution is 7.89. The van der Waals surface area contributed by atoms with E-state index >= 15 is 0 Å². The molecule has 5 N–H and O–H groups in total. The van der Waals surface area contributed by atoms with Crippen molar-refractivity contribution in [3.63, 3.8) is 0 Å². The van der Waals surface area contributed by atoms with Crippen LogP contribution in [-0.4, -0.2) is 30.6 Å². The van der Waals surface area contributed by atoms with Gasteiger partial charge in [0.1, 0.15) is 5.82 Å². The number of nitro groups is 1. The number of pyridine rings is 1. The minimum Gasteiger partial charge on any atom is -0.378 e. The van der Waals surface area contributed by atoms with Gasteiger partial charge < -0.3 is 11.1 Å². The Balaban J connectivity index is 2.68. The Morgan fingerprint density at radius 2 is 2.12 bits per heavy atom. The number of anilines is 2. The molecule has 0 bridgehead atoms. The van der Waals surface area contributed by atoms with Crippen LogP contribution in [0.3, 0.4) is 0 Å². The van der Waals surface area contributed by atoms with Gasteiger partial charge in [-0.3, -0.25) is 10.1 Å². The number of nitrogens with zero attached hydrogens (tertiary/aromatic N) is 2. The van der Waals surface area contributed by atoms with Crippen molar-refractivity contribution in [3.8, 4) is 0 Å². The van der Waals surface area contributed by atoms with E-state index in [4.69, 9.17) is 10.9 Å². The second-order valence-corrected chi connectivity index (χ2v) is 4.89. The number of nitrogens with one attached hydrogen (secondary N) is 1. The maximum Gasteiger partial charge on any atom is 0.311 e. The summed E-state index contributed by atoms with van der Waals surface area (Å²) in [7, 11) is -3.56. The quantitative estimate of drug-likeness (QED) is 0.466. The number of nitrogens with two attached hydrogens (primary N) is 2. The molecule has 94 valence electrons. The van der Waals surface area contributed by atoms with Gasteiger partial charge in [0.15, 0.2) is 0 Å². The summed E-state index contributed by atoms with van der Waals surface area (Å²) in [5.41, 5.74) is 5.04. The lowest BCUT2D eigenvalue weighted by molar-refractivity contribution is -0.384. The molecule has 0 atom stereocenters. The second kappa shape index (κ2) is 4.93. The molecule has 17 heavy (non-hydrogen) atoms. The Bertz CT molecular complexity index is 529. The van der Waals surface area contributed by atoms with Crippen molar-refractivity contribution >= 4 is 27.3 Å². The standard InChI is InChI=1S/C7H11N5O4S/c8-7-5(12(13)14)1-2-6(11-7)10-3-4-17(9,15)16/h1-2H,3-4H2,(H3,8,10,11)(H2,9,15,16). The molecule has 0 fully saturated rings. The molecule has 0 aliphatic carbocycles. The smallest absolute Gasteiger partial charge is 0.311 e. The Kier molecular flexibility index (Phi) is 3.81. The van der Waals surface area contributed by atoms with E-state index in [0.717, 1.165) is 0 Å². The minimum atomic E-state index is -3.56. The summed E-state index contributed by atoms with van der Waals surface area (Å²) in [6.07, 6.45) is 0. The van der Waals surface area contributed by atoms with Crippen molar-refractivity contribution in [2.75, 3.05) is 23.3 Å². The van der Waals surface area contributed by atoms with Crippen molar-refractivity contribution in [1.29, 1.82) is 0 Å². The average Bonchev–Trinajstić information content (AvgIpc) is 2.15. The summed E-state index contributed by atoms with van der Waals surface area (Å²) in [4.78, 5) is 13.5. The number of hydrogen-bond acceptors (Lipinski definition) is 7. The van der Waals surface area contributed by atoms with Gasteiger partial charge in [-0.15, -0.1) is 0 Å². The van der Waals surface area contributed by atoms with Crippen molar-refractivity contribution < 1.29 is 13.3 Å². The first-order valence-corrected chi connectivity index (χ1v) is 6.16. The maximum absolute atomic E-state index is 10.6. The number of aromatic nitrogens is 1. The molecule has 0 radical (unpaired) electrons. The number of rotatable bonds is 5. The van der Waals surface area contributed by atoms with E-state index in [1.165, 1.54) is 12.1 Å². The number of sulfonamides is 1. The van der Waals surface area contributed by atoms with Gasteiger partial charge in [0.05, 0.1) is 10.7 Å². The molecule has 0 amide bonds. The lowest BCUT2D eigenvalue weighted by atomic mass is 10.4. The zero-order chi connectivity index (χ0) is 13.1. The van der Waals surface area contributed by atoms with Crippen LogP contribution in [0.15, 0.2) is 12.1 Å². The molecule has 0 unspecified atom stereocenters. The van der Waals surface area contributed by atoms with Crippen LogP contribution in [0.5, 0.6) is 0 Å². The number of nitrogen functional groups attached to an aromatic ring is 1. The van der Waals surface area contributed by atoms with Crippen molar-refractivity contribution in [2.24, 2.45) is 5.14 Å². The van der Waals surface area contributed by atoms with E-state index in [-0.39, 0.29) is 29.6 Å². The fourth-order valence-corrected chi connectivity index (χ4v) is 1.43. The van der Waals surface area contributed by atoms with Crippen LogP contribution >= 0.6 is 0 Å². The van der Waals surface area contributed by atoms with Gasteiger partial charge in [-0.25, -0.2) is 18.5 Å². The maximum atomic E-state index is 10.6. The van der Waals surface area contributed by atoms with Crippen LogP contribution in [-0.2, 0) is 10.0 Å². The molecule has 1 aromatic rings. The first-order chi connectivity index (χ1) is 7.79. The molecule has 1 rings (SSSR count). The fraction of sp³-hybridized carbons (Fsp3) is 0.286. The van der Waals surface area contributed by atoms with Crippen LogP contribution in [0, 0.1) is 10.1 Å². The zero-order valence-corrected chi connectivity index (χ0v) is 9.48. The largest absolute Gasteiger partial charge is 0.378 e. The van der Waals surface area contributed by atoms with Crippen molar-refractivity contribution in [3.05, 3.63) is 22.2 Å². The van der Waals surface area contributed by atoms with Gasteiger partial charge in [-0.2, -0.15) is 0 Å². The monoisotopic (exact) mass is 261 g/mol. The lowest BCUT2D eigenvalue weighted by Crippen LogP contribution is -2.22. The van der Waals surface area contributed by atoms with Gasteiger partial charge in [0, 0.05) is 12.6 Å². The van der Waals surface area contributed by atoms with Crippen LogP contribution in [0.1, 0.15) is 0 Å². The Hall–Kier alpha value is -1.94. The van der Waals surface area contributed by atoms with E-state index in [2.05, 4.69) is 10.3 Å². The number of hydrogen-bond donors (Lipinski definition) is 3. The normalized spacial score (nSPS) is 11.1. The van der Waals surface area contributed by atoms with Gasteiger partial charge in [-0.1, -0.05) is 0 Å². The highest BCUT2D eigenvalue weighted by Crippen LogP contribution is 2.20. The highest BCUT2D eigenvalue weighted by Gasteiger charge is 2.12. The predicted octanol–water partition coefficient (Wildman–Crippen LogP) is -0.728. The predicted molar refractivity (Wildman–Crippen MR) is 61.8 cm³/mol. The molecule has 0 aliphatic rings. The summed E-state index contributed by atoms with van der Waals surface area (Å²) in [5, 5.41) is 17.9. The molecule has 0 spiro atoms. The fourth-order valence-electron chi connectivity index (χ4n) is 1.04. The van der Waals surface area contributed by atoms with E-state index < -0.39 is 14.9 Å². The summed E-state index contributed by atoms with van der Waals surface area (Å²) < 4.78 is 21.3. The molecular weight excluding hydrogens is 250 g/mol. The second-order valence-electron chi connectivity index (χ2n) is 3.15. The molecule has 1 heterocycles. The first-order valence-electron chi connectivity index (χ1n) is 4.45. The van der Waals surface area contributed by atoms with E-state index in [1.807, 2.05) is 0 Å². The molecule has 0 saturated carbocycles. The van der Waals surface area contributed by atoms with Crippen LogP contribution in [0.4, 0.5) is 17.3 Å². The summed E-state index contributed by atoms with van der Waals surface area (Å²) in [6, 6.07) is 2.51. The summed E-state index contributed by atoms with van der Waals surface area (Å²) in [6.45, 7) is 0.0447. The number of primary sulfonamides is 1. The van der Waals surface area contributed by atoms with Gasteiger partial charge in [-0.05, 0) is 6.07 Å². The average molecular weight is 261 g/mol. The third-order valence-corrected chi connectivity index (χ3v) is 2.56. The SMILES string of the molecule is Nc1nc(NCCS(N)(=O)=O)ccc1[N+](=O)[O-]. The summed E-state index contributed by atoms with van der Waals surface area (Å²) in [5.74, 6) is -0.265. The third-order valence-electron chi connectivity index (χ3n) is 1.79. The molecule has 0 aliphatic heterocycles. The lowest BCUT2D eigenvalue weighted by Gasteiger charge is -2.05. The van der Waals surface area contributed by atoms with Gasteiger partial charge >= 0.3 is 5.69 Å². The van der Waals surface area contributed by atoms with Gasteiger partial charge in [0.2, 0.25) is 15.8 Å². The molecule has 0 aromatic carbocycles. The van der Waals surface area contributed by atoms with Gasteiger partial charge in [0.25, 0.3) is 0 Å². The Labute approximate surface area is 97.0 Å². The Morgan fingerprint density at radius 3 is 2.59 bits per heavy atom. The topological polar surface area (TPSA) is 154 Å². The molecule has 9 nitrogen and oxygen atoms in total. The van der Waals surface area contributed by atoms with Crippen LogP contribution in [0.2, 0.25) is 0 Å². The molecule has 1 aromatic heterocycles. The molecular formula is C7H11N5O4S. The van der Waals surface area contributed by atoms with Crippen LogP contribution < -0.4 is 16.2 Å². The first kappa shape index (κ1) is 13.1. The van der Waals surface area contributed by atoms with Crippen LogP contribution in [0.25, 0.3) is 0 Å². The Morgan fingerprint density at radius 1 is 1.47 bits per heavy atom. The zero-order valence-electron chi connectivity index (χ0n) is 8.66.